The second-order valence-corrected chi connectivity index (χ2v) is 4.16. The molecule has 0 radical (unpaired) electrons. The predicted octanol–water partition coefficient (Wildman–Crippen LogP) is 3.42. The van der Waals surface area contributed by atoms with Crippen molar-refractivity contribution in [2.45, 2.75) is 19.3 Å². The predicted molar refractivity (Wildman–Crippen MR) is 62.3 cm³/mol. The maximum Gasteiger partial charge on any atom is 0.157 e. The van der Waals surface area contributed by atoms with Crippen LogP contribution in [0.15, 0.2) is 34.9 Å². The van der Waals surface area contributed by atoms with Crippen molar-refractivity contribution < 1.29 is 4.42 Å². The molecule has 1 fully saturated rings. The van der Waals surface area contributed by atoms with Gasteiger partial charge in [0.25, 0.3) is 0 Å². The van der Waals surface area contributed by atoms with Gasteiger partial charge in [0.05, 0.1) is 12.0 Å². The Bertz CT molecular complexity index is 454. The molecule has 2 heterocycles. The van der Waals surface area contributed by atoms with E-state index in [2.05, 4.69) is 23.1 Å². The summed E-state index contributed by atoms with van der Waals surface area (Å²) in [6, 6.07) is 8.41. The van der Waals surface area contributed by atoms with Crippen molar-refractivity contribution in [2.75, 3.05) is 18.0 Å². The van der Waals surface area contributed by atoms with E-state index < -0.39 is 0 Å². The number of para-hydroxylation sites is 1. The van der Waals surface area contributed by atoms with Crippen LogP contribution in [0, 0.1) is 0 Å². The molecule has 78 valence electrons. The van der Waals surface area contributed by atoms with Gasteiger partial charge in [-0.1, -0.05) is 12.1 Å². The van der Waals surface area contributed by atoms with Gasteiger partial charge in [0.2, 0.25) is 0 Å². The number of rotatable bonds is 1. The third-order valence-electron chi connectivity index (χ3n) is 3.15. The number of benzene rings is 1. The van der Waals surface area contributed by atoms with Gasteiger partial charge in [-0.2, -0.15) is 0 Å². The highest BCUT2D eigenvalue weighted by Crippen LogP contribution is 2.29. The van der Waals surface area contributed by atoms with Crippen LogP contribution in [-0.2, 0) is 0 Å². The highest BCUT2D eigenvalue weighted by molar-refractivity contribution is 5.89. The molecule has 0 atom stereocenters. The highest BCUT2D eigenvalue weighted by Gasteiger charge is 2.14. The van der Waals surface area contributed by atoms with Gasteiger partial charge in [-0.25, -0.2) is 0 Å². The van der Waals surface area contributed by atoms with E-state index in [0.29, 0.717) is 0 Å². The Labute approximate surface area is 89.5 Å². The standard InChI is InChI=1S/C13H15NO/c1-2-8-14(9-3-1)12-6-4-5-11-7-10-15-13(11)12/h4-7,10H,1-3,8-9H2. The molecule has 1 saturated heterocycles. The Morgan fingerprint density at radius 1 is 1.00 bits per heavy atom. The minimum Gasteiger partial charge on any atom is -0.462 e. The number of nitrogens with zero attached hydrogens (tertiary/aromatic N) is 1. The molecule has 3 rings (SSSR count). The smallest absolute Gasteiger partial charge is 0.157 e. The Hall–Kier alpha value is -1.44. The van der Waals surface area contributed by atoms with E-state index in [1.54, 1.807) is 6.26 Å². The molecule has 1 aromatic carbocycles. The Morgan fingerprint density at radius 2 is 1.87 bits per heavy atom. The topological polar surface area (TPSA) is 16.4 Å². The zero-order chi connectivity index (χ0) is 10.1. The summed E-state index contributed by atoms with van der Waals surface area (Å²) in [7, 11) is 0. The van der Waals surface area contributed by atoms with Gasteiger partial charge >= 0.3 is 0 Å². The molecule has 0 bridgehead atoms. The van der Waals surface area contributed by atoms with Crippen molar-refractivity contribution in [3.63, 3.8) is 0 Å². The summed E-state index contributed by atoms with van der Waals surface area (Å²) in [6.07, 6.45) is 5.75. The Kier molecular flexibility index (Phi) is 2.13. The van der Waals surface area contributed by atoms with Crippen molar-refractivity contribution in [2.24, 2.45) is 0 Å². The van der Waals surface area contributed by atoms with Gasteiger partial charge in [-0.05, 0) is 31.4 Å². The minimum atomic E-state index is 1.04. The van der Waals surface area contributed by atoms with E-state index >= 15 is 0 Å². The summed E-state index contributed by atoms with van der Waals surface area (Å²) >= 11 is 0. The number of piperidine rings is 1. The van der Waals surface area contributed by atoms with Crippen LogP contribution in [0.3, 0.4) is 0 Å². The van der Waals surface area contributed by atoms with Gasteiger partial charge < -0.3 is 9.32 Å². The molecule has 1 aromatic heterocycles. The maximum absolute atomic E-state index is 5.56. The molecule has 1 aliphatic heterocycles. The lowest BCUT2D eigenvalue weighted by atomic mass is 10.1. The molecule has 0 spiro atoms. The first-order valence-electron chi connectivity index (χ1n) is 5.66. The highest BCUT2D eigenvalue weighted by atomic mass is 16.3. The molecule has 2 nitrogen and oxygen atoms in total. The molecule has 0 unspecified atom stereocenters. The van der Waals surface area contributed by atoms with Gasteiger partial charge in [0, 0.05) is 18.5 Å². The SMILES string of the molecule is c1cc(N2CCCCC2)c2occc2c1. The van der Waals surface area contributed by atoms with Crippen LogP contribution in [0.4, 0.5) is 5.69 Å². The number of fused-ring (bicyclic) bond motifs is 1. The van der Waals surface area contributed by atoms with Crippen LogP contribution >= 0.6 is 0 Å². The molecule has 0 aliphatic carbocycles. The van der Waals surface area contributed by atoms with E-state index in [9.17, 15) is 0 Å². The van der Waals surface area contributed by atoms with Crippen molar-refractivity contribution in [3.05, 3.63) is 30.5 Å². The van der Waals surface area contributed by atoms with E-state index in [1.807, 2.05) is 6.07 Å². The lowest BCUT2D eigenvalue weighted by Gasteiger charge is -2.28. The molecule has 15 heavy (non-hydrogen) atoms. The molecular weight excluding hydrogens is 186 g/mol. The molecule has 0 N–H and O–H groups in total. The van der Waals surface area contributed by atoms with Crippen LogP contribution in [0.25, 0.3) is 11.0 Å². The lowest BCUT2D eigenvalue weighted by Crippen LogP contribution is -2.29. The summed E-state index contributed by atoms with van der Waals surface area (Å²) in [5, 5.41) is 1.21. The fourth-order valence-corrected chi connectivity index (χ4v) is 2.36. The summed E-state index contributed by atoms with van der Waals surface area (Å²) in [5.41, 5.74) is 2.30. The second-order valence-electron chi connectivity index (χ2n) is 4.16. The van der Waals surface area contributed by atoms with Crippen molar-refractivity contribution >= 4 is 16.7 Å². The van der Waals surface area contributed by atoms with Crippen LogP contribution < -0.4 is 4.90 Å². The average molecular weight is 201 g/mol. The Morgan fingerprint density at radius 3 is 2.73 bits per heavy atom. The van der Waals surface area contributed by atoms with Gasteiger partial charge in [0.1, 0.15) is 0 Å². The third-order valence-corrected chi connectivity index (χ3v) is 3.15. The first-order chi connectivity index (χ1) is 7.45. The first kappa shape index (κ1) is 8.84. The zero-order valence-corrected chi connectivity index (χ0v) is 8.78. The maximum atomic E-state index is 5.56. The summed E-state index contributed by atoms with van der Waals surface area (Å²) in [5.74, 6) is 0. The molecule has 0 amide bonds. The largest absolute Gasteiger partial charge is 0.462 e. The van der Waals surface area contributed by atoms with Crippen LogP contribution in [0.1, 0.15) is 19.3 Å². The molecule has 1 aliphatic rings. The average Bonchev–Trinajstić information content (AvgIpc) is 2.78. The van der Waals surface area contributed by atoms with Crippen LogP contribution in [-0.4, -0.2) is 13.1 Å². The molecule has 2 heteroatoms. The molecule has 0 saturated carbocycles. The third kappa shape index (κ3) is 1.50. The van der Waals surface area contributed by atoms with Crippen molar-refractivity contribution in [1.29, 1.82) is 0 Å². The van der Waals surface area contributed by atoms with Crippen molar-refractivity contribution in [3.8, 4) is 0 Å². The molecular formula is C13H15NO. The Balaban J connectivity index is 2.05. The van der Waals surface area contributed by atoms with E-state index in [-0.39, 0.29) is 0 Å². The summed E-state index contributed by atoms with van der Waals surface area (Å²) < 4.78 is 5.56. The van der Waals surface area contributed by atoms with Crippen molar-refractivity contribution in [1.82, 2.24) is 0 Å². The van der Waals surface area contributed by atoms with E-state index in [1.165, 1.54) is 43.4 Å². The second kappa shape index (κ2) is 3.61. The van der Waals surface area contributed by atoms with Gasteiger partial charge in [-0.15, -0.1) is 0 Å². The van der Waals surface area contributed by atoms with E-state index in [4.69, 9.17) is 4.42 Å². The fourth-order valence-electron chi connectivity index (χ4n) is 2.36. The quantitative estimate of drug-likeness (QED) is 0.702. The number of furan rings is 1. The zero-order valence-electron chi connectivity index (χ0n) is 8.78. The van der Waals surface area contributed by atoms with Crippen LogP contribution in [0.2, 0.25) is 0 Å². The molecule has 2 aromatic rings. The van der Waals surface area contributed by atoms with E-state index in [0.717, 1.165) is 5.58 Å². The van der Waals surface area contributed by atoms with Gasteiger partial charge in [0.15, 0.2) is 5.58 Å². The lowest BCUT2D eigenvalue weighted by molar-refractivity contribution is 0.569. The van der Waals surface area contributed by atoms with Gasteiger partial charge in [-0.3, -0.25) is 0 Å². The summed E-state index contributed by atoms with van der Waals surface area (Å²) in [6.45, 7) is 2.33. The monoisotopic (exact) mass is 201 g/mol. The fraction of sp³-hybridized carbons (Fsp3) is 0.385. The summed E-state index contributed by atoms with van der Waals surface area (Å²) in [4.78, 5) is 2.44. The number of anilines is 1. The van der Waals surface area contributed by atoms with Crippen LogP contribution in [0.5, 0.6) is 0 Å². The first-order valence-corrected chi connectivity index (χ1v) is 5.66. The minimum absolute atomic E-state index is 1.04. The normalized spacial score (nSPS) is 17.2. The number of hydrogen-bond donors (Lipinski definition) is 0. The number of hydrogen-bond acceptors (Lipinski definition) is 2.